The molecular weight excluding hydrogens is 366 g/mol. The van der Waals surface area contributed by atoms with Gasteiger partial charge in [0.25, 0.3) is 0 Å². The van der Waals surface area contributed by atoms with Gasteiger partial charge in [0.1, 0.15) is 11.6 Å². The van der Waals surface area contributed by atoms with E-state index >= 15 is 0 Å². The van der Waals surface area contributed by atoms with Crippen molar-refractivity contribution in [2.24, 2.45) is 0 Å². The molecule has 4 rings (SSSR count). The molecule has 0 spiro atoms. The van der Waals surface area contributed by atoms with E-state index in [1.807, 2.05) is 48.5 Å². The Bertz CT molecular complexity index is 970. The first-order valence-corrected chi connectivity index (χ1v) is 9.93. The van der Waals surface area contributed by atoms with Gasteiger partial charge in [0.2, 0.25) is 5.95 Å². The van der Waals surface area contributed by atoms with Gasteiger partial charge < -0.3 is 10.1 Å². The predicted octanol–water partition coefficient (Wildman–Crippen LogP) is 4.25. The molecule has 7 nitrogen and oxygen atoms in total. The Kier molecular flexibility index (Phi) is 5.74. The molecule has 0 bridgehead atoms. The van der Waals surface area contributed by atoms with Crippen LogP contribution in [-0.4, -0.2) is 27.9 Å². The van der Waals surface area contributed by atoms with Crippen LogP contribution in [0.2, 0.25) is 0 Å². The van der Waals surface area contributed by atoms with Crippen LogP contribution in [0.5, 0.6) is 5.75 Å². The maximum atomic E-state index is 13.3. The van der Waals surface area contributed by atoms with Crippen LogP contribution in [0, 0.1) is 0 Å². The van der Waals surface area contributed by atoms with Crippen LogP contribution in [0.3, 0.4) is 0 Å². The summed E-state index contributed by atoms with van der Waals surface area (Å²) in [6.45, 7) is 1.24. The molecule has 2 amide bonds. The molecule has 0 saturated carbocycles. The van der Waals surface area contributed by atoms with E-state index in [1.54, 1.807) is 18.1 Å². The van der Waals surface area contributed by atoms with Gasteiger partial charge in [0.05, 0.1) is 13.7 Å². The van der Waals surface area contributed by atoms with Gasteiger partial charge in [-0.15, -0.1) is 10.2 Å². The third-order valence-corrected chi connectivity index (χ3v) is 5.08. The number of aromatic nitrogens is 3. The minimum atomic E-state index is -0.249. The topological polar surface area (TPSA) is 72.3 Å². The lowest BCUT2D eigenvalue weighted by Gasteiger charge is -2.23. The fraction of sp³-hybridized carbons (Fsp3) is 0.318. The largest absolute Gasteiger partial charge is 0.497 e. The van der Waals surface area contributed by atoms with E-state index in [1.165, 1.54) is 0 Å². The van der Waals surface area contributed by atoms with E-state index in [2.05, 4.69) is 20.1 Å². The number of amides is 2. The van der Waals surface area contributed by atoms with Gasteiger partial charge in [-0.1, -0.05) is 42.8 Å². The molecule has 150 valence electrons. The molecule has 2 heterocycles. The van der Waals surface area contributed by atoms with Gasteiger partial charge in [-0.2, -0.15) is 0 Å². The highest BCUT2D eigenvalue weighted by Crippen LogP contribution is 2.23. The Hall–Kier alpha value is -3.35. The lowest BCUT2D eigenvalue weighted by atomic mass is 10.2. The third kappa shape index (κ3) is 4.39. The average molecular weight is 391 g/mol. The molecular formula is C22H25N5O2. The smallest absolute Gasteiger partial charge is 0.329 e. The molecule has 1 aliphatic heterocycles. The van der Waals surface area contributed by atoms with Gasteiger partial charge in [-0.05, 0) is 30.5 Å². The van der Waals surface area contributed by atoms with Gasteiger partial charge in [-0.25, -0.2) is 4.79 Å². The number of benzene rings is 2. The van der Waals surface area contributed by atoms with Crippen molar-refractivity contribution in [3.8, 4) is 5.75 Å². The number of urea groups is 1. The number of ether oxygens (including phenoxy) is 1. The number of carbonyl (C=O) groups excluding carboxylic acids is 1. The molecule has 3 aromatic rings. The van der Waals surface area contributed by atoms with Crippen molar-refractivity contribution < 1.29 is 9.53 Å². The van der Waals surface area contributed by atoms with Crippen LogP contribution in [-0.2, 0) is 19.5 Å². The van der Waals surface area contributed by atoms with E-state index in [4.69, 9.17) is 4.74 Å². The van der Waals surface area contributed by atoms with Crippen LogP contribution >= 0.6 is 0 Å². The fourth-order valence-electron chi connectivity index (χ4n) is 3.56. The van der Waals surface area contributed by atoms with Crippen LogP contribution in [0.1, 0.15) is 30.7 Å². The summed E-state index contributed by atoms with van der Waals surface area (Å²) in [5.41, 5.74) is 1.70. The second-order valence-electron chi connectivity index (χ2n) is 7.11. The predicted molar refractivity (Wildman–Crippen MR) is 112 cm³/mol. The summed E-state index contributed by atoms with van der Waals surface area (Å²) in [7, 11) is 1.61. The van der Waals surface area contributed by atoms with Crippen molar-refractivity contribution in [1.29, 1.82) is 0 Å². The molecule has 0 fully saturated rings. The molecule has 0 saturated heterocycles. The third-order valence-electron chi connectivity index (χ3n) is 5.08. The van der Waals surface area contributed by atoms with Crippen LogP contribution in [0.25, 0.3) is 0 Å². The highest BCUT2D eigenvalue weighted by Gasteiger charge is 2.25. The number of fused-ring (bicyclic) bond motifs is 1. The lowest BCUT2D eigenvalue weighted by Crippen LogP contribution is -2.36. The Balaban J connectivity index is 1.65. The maximum absolute atomic E-state index is 13.3. The Morgan fingerprint density at radius 1 is 1.10 bits per heavy atom. The molecule has 1 N–H and O–H groups in total. The Labute approximate surface area is 170 Å². The summed E-state index contributed by atoms with van der Waals surface area (Å²) >= 11 is 0. The van der Waals surface area contributed by atoms with Crippen molar-refractivity contribution in [3.05, 3.63) is 66.0 Å². The number of methoxy groups -OCH3 is 1. The van der Waals surface area contributed by atoms with Gasteiger partial charge in [0.15, 0.2) is 0 Å². The second-order valence-corrected chi connectivity index (χ2v) is 7.11. The zero-order valence-corrected chi connectivity index (χ0v) is 16.5. The zero-order chi connectivity index (χ0) is 20.1. The van der Waals surface area contributed by atoms with E-state index in [0.29, 0.717) is 23.9 Å². The number of hydrogen-bond donors (Lipinski definition) is 1. The number of hydrogen-bond acceptors (Lipinski definition) is 4. The quantitative estimate of drug-likeness (QED) is 0.706. The van der Waals surface area contributed by atoms with Gasteiger partial charge >= 0.3 is 6.03 Å². The van der Waals surface area contributed by atoms with E-state index in [9.17, 15) is 4.79 Å². The van der Waals surface area contributed by atoms with Crippen LogP contribution < -0.4 is 15.0 Å². The summed E-state index contributed by atoms with van der Waals surface area (Å²) < 4.78 is 7.35. The van der Waals surface area contributed by atoms with Gasteiger partial charge in [0, 0.05) is 24.7 Å². The lowest BCUT2D eigenvalue weighted by molar-refractivity contribution is 0.256. The second kappa shape index (κ2) is 8.77. The number of carbonyl (C=O) groups is 1. The highest BCUT2D eigenvalue weighted by atomic mass is 16.5. The Morgan fingerprint density at radius 2 is 1.97 bits per heavy atom. The average Bonchev–Trinajstić information content (AvgIpc) is 3.00. The maximum Gasteiger partial charge on any atom is 0.329 e. The highest BCUT2D eigenvalue weighted by molar-refractivity contribution is 6.00. The number of anilines is 2. The zero-order valence-electron chi connectivity index (χ0n) is 16.5. The first kappa shape index (κ1) is 19.0. The summed E-state index contributed by atoms with van der Waals surface area (Å²) in [6, 6.07) is 17.0. The normalized spacial score (nSPS) is 13.3. The summed E-state index contributed by atoms with van der Waals surface area (Å²) in [6.07, 6.45) is 4.22. The van der Waals surface area contributed by atoms with Crippen LogP contribution in [0.4, 0.5) is 16.4 Å². The minimum absolute atomic E-state index is 0.249. The van der Waals surface area contributed by atoms with Crippen molar-refractivity contribution in [2.75, 3.05) is 17.3 Å². The summed E-state index contributed by atoms with van der Waals surface area (Å²) in [5.74, 6) is 2.23. The summed E-state index contributed by atoms with van der Waals surface area (Å²) in [5, 5.41) is 11.7. The first-order valence-electron chi connectivity index (χ1n) is 9.93. The van der Waals surface area contributed by atoms with Crippen molar-refractivity contribution in [1.82, 2.24) is 14.8 Å². The number of rotatable bonds is 5. The van der Waals surface area contributed by atoms with Crippen molar-refractivity contribution in [3.63, 3.8) is 0 Å². The Morgan fingerprint density at radius 3 is 2.79 bits per heavy atom. The molecule has 0 unspecified atom stereocenters. The van der Waals surface area contributed by atoms with E-state index in [0.717, 1.165) is 43.6 Å². The number of nitrogens with zero attached hydrogens (tertiary/aromatic N) is 4. The van der Waals surface area contributed by atoms with Crippen LogP contribution in [0.15, 0.2) is 54.6 Å². The van der Waals surface area contributed by atoms with Crippen molar-refractivity contribution >= 4 is 17.7 Å². The molecule has 29 heavy (non-hydrogen) atoms. The van der Waals surface area contributed by atoms with Gasteiger partial charge in [-0.3, -0.25) is 9.47 Å². The SMILES string of the molecule is COc1cccc(NC(=O)N(Cc2ccccc2)c2nnc3n2CCCCC3)c1. The van der Waals surface area contributed by atoms with E-state index in [-0.39, 0.29) is 6.03 Å². The molecule has 7 heteroatoms. The number of aryl methyl sites for hydroxylation is 1. The molecule has 0 radical (unpaired) electrons. The molecule has 0 atom stereocenters. The van der Waals surface area contributed by atoms with Crippen molar-refractivity contribution in [2.45, 2.75) is 38.8 Å². The molecule has 1 aromatic heterocycles. The monoisotopic (exact) mass is 391 g/mol. The molecule has 0 aliphatic carbocycles. The number of nitrogens with one attached hydrogen (secondary N) is 1. The standard InChI is InChI=1S/C22H25N5O2/c1-29-19-12-8-11-18(15-19)23-22(28)27(16-17-9-4-2-5-10-17)21-25-24-20-13-6-3-7-14-26(20)21/h2,4-5,8-12,15H,3,6-7,13-14,16H2,1H3,(H,23,28). The minimum Gasteiger partial charge on any atom is -0.497 e. The van der Waals surface area contributed by atoms with E-state index < -0.39 is 0 Å². The summed E-state index contributed by atoms with van der Waals surface area (Å²) in [4.78, 5) is 14.9. The molecule has 1 aliphatic rings. The molecule has 2 aromatic carbocycles. The first-order chi connectivity index (χ1) is 14.2. The fourth-order valence-corrected chi connectivity index (χ4v) is 3.56.